The molecule has 34 heavy (non-hydrogen) atoms. The van der Waals surface area contributed by atoms with E-state index in [0.29, 0.717) is 36.1 Å². The Bertz CT molecular complexity index is 1250. The summed E-state index contributed by atoms with van der Waals surface area (Å²) in [7, 11) is 1.58. The van der Waals surface area contributed by atoms with E-state index < -0.39 is 11.9 Å². The Kier molecular flexibility index (Phi) is 5.85. The lowest BCUT2D eigenvalue weighted by Crippen LogP contribution is -2.53. The second-order valence-corrected chi connectivity index (χ2v) is 9.17. The van der Waals surface area contributed by atoms with Crippen LogP contribution in [-0.4, -0.2) is 69.7 Å². The average molecular weight is 469 g/mol. The lowest BCUT2D eigenvalue weighted by molar-refractivity contribution is -0.149. The van der Waals surface area contributed by atoms with E-state index >= 15 is 4.39 Å². The van der Waals surface area contributed by atoms with Crippen molar-refractivity contribution in [3.63, 3.8) is 0 Å². The van der Waals surface area contributed by atoms with Crippen LogP contribution in [0.3, 0.4) is 0 Å². The molecule has 2 amide bonds. The van der Waals surface area contributed by atoms with Gasteiger partial charge in [0.25, 0.3) is 0 Å². The minimum atomic E-state index is -0.683. The Balaban J connectivity index is 1.44. The van der Waals surface area contributed by atoms with Crippen LogP contribution in [0.15, 0.2) is 12.1 Å². The third-order valence-corrected chi connectivity index (χ3v) is 7.14. The monoisotopic (exact) mass is 468 g/mol. The van der Waals surface area contributed by atoms with Crippen molar-refractivity contribution in [2.24, 2.45) is 5.92 Å². The van der Waals surface area contributed by atoms with Crippen LogP contribution in [0.1, 0.15) is 37.9 Å². The molecule has 0 radical (unpaired) electrons. The van der Waals surface area contributed by atoms with Crippen LogP contribution in [0.25, 0.3) is 22.6 Å². The number of aryl methyl sites for hydroxylation is 1. The first-order valence-corrected chi connectivity index (χ1v) is 11.8. The van der Waals surface area contributed by atoms with E-state index in [1.807, 2.05) is 0 Å². The van der Waals surface area contributed by atoms with Crippen LogP contribution < -0.4 is 4.90 Å². The molecule has 2 aliphatic rings. The second-order valence-electron chi connectivity index (χ2n) is 9.17. The number of rotatable bonds is 5. The number of halogens is 1. The summed E-state index contributed by atoms with van der Waals surface area (Å²) >= 11 is 0. The third-order valence-electron chi connectivity index (χ3n) is 7.14. The minimum Gasteiger partial charge on any atom is -0.370 e. The van der Waals surface area contributed by atoms with Gasteiger partial charge in [-0.2, -0.15) is 5.10 Å². The molecular weight excluding hydrogens is 439 g/mol. The number of benzene rings is 1. The van der Waals surface area contributed by atoms with Gasteiger partial charge >= 0.3 is 0 Å². The molecule has 0 spiro atoms. The summed E-state index contributed by atoms with van der Waals surface area (Å²) in [5, 5.41) is 7.60. The Morgan fingerprint density at radius 3 is 3.00 bits per heavy atom. The highest BCUT2D eigenvalue weighted by molar-refractivity contribution is 6.00. The van der Waals surface area contributed by atoms with Crippen molar-refractivity contribution in [1.82, 2.24) is 25.1 Å². The number of anilines is 1. The van der Waals surface area contributed by atoms with Crippen molar-refractivity contribution >= 4 is 28.5 Å². The van der Waals surface area contributed by atoms with E-state index in [9.17, 15) is 9.59 Å². The smallest absolute Gasteiger partial charge is 0.249 e. The predicted octanol–water partition coefficient (Wildman–Crippen LogP) is 2.82. The number of nitrogens with zero attached hydrogens (tertiary/aromatic N) is 4. The number of morpholine rings is 1. The molecule has 1 aromatic carbocycles. The molecule has 9 nitrogen and oxygen atoms in total. The lowest BCUT2D eigenvalue weighted by Gasteiger charge is -2.33. The first-order chi connectivity index (χ1) is 16.4. The number of carbonyl (C=O) groups is 2. The number of hydrogen-bond donors (Lipinski definition) is 2. The number of fused-ring (bicyclic) bond motifs is 2. The summed E-state index contributed by atoms with van der Waals surface area (Å²) in [5.74, 6) is 0.0819. The van der Waals surface area contributed by atoms with Gasteiger partial charge in [0.15, 0.2) is 11.6 Å². The molecule has 180 valence electrons. The van der Waals surface area contributed by atoms with Gasteiger partial charge in [-0.05, 0) is 44.2 Å². The molecule has 1 fully saturated rings. The molecule has 5 rings (SSSR count). The van der Waals surface area contributed by atoms with Crippen LogP contribution in [0, 0.1) is 11.7 Å². The zero-order valence-corrected chi connectivity index (χ0v) is 19.7. The third kappa shape index (κ3) is 3.85. The number of H-pyrrole nitrogens is 2. The molecule has 1 saturated heterocycles. The summed E-state index contributed by atoms with van der Waals surface area (Å²) in [6.07, 6.45) is 4.13. The molecule has 1 aliphatic carbocycles. The molecule has 10 heteroatoms. The molecule has 2 atom stereocenters. The van der Waals surface area contributed by atoms with Crippen LogP contribution in [0.4, 0.5) is 10.1 Å². The molecule has 2 aromatic heterocycles. The van der Waals surface area contributed by atoms with Gasteiger partial charge in [0.2, 0.25) is 11.8 Å². The Morgan fingerprint density at radius 2 is 2.24 bits per heavy atom. The Morgan fingerprint density at radius 1 is 1.41 bits per heavy atom. The van der Waals surface area contributed by atoms with Crippen LogP contribution in [-0.2, 0) is 27.2 Å². The van der Waals surface area contributed by atoms with E-state index in [4.69, 9.17) is 4.74 Å². The number of ether oxygens (including phenoxy) is 1. The molecule has 2 N–H and O–H groups in total. The number of nitrogens with one attached hydrogen (secondary N) is 2. The van der Waals surface area contributed by atoms with Crippen molar-refractivity contribution in [2.75, 3.05) is 31.7 Å². The number of imidazole rings is 1. The van der Waals surface area contributed by atoms with Crippen molar-refractivity contribution < 1.29 is 18.7 Å². The highest BCUT2D eigenvalue weighted by atomic mass is 19.1. The number of carbonyl (C=O) groups excluding carboxylic acids is 2. The normalized spacial score (nSPS) is 19.4. The zero-order chi connectivity index (χ0) is 24.0. The maximum Gasteiger partial charge on any atom is 0.249 e. The van der Waals surface area contributed by atoms with Gasteiger partial charge in [-0.25, -0.2) is 9.37 Å². The maximum absolute atomic E-state index is 15.1. The number of aromatic nitrogens is 4. The fourth-order valence-corrected chi connectivity index (χ4v) is 4.95. The van der Waals surface area contributed by atoms with Crippen LogP contribution in [0.5, 0.6) is 0 Å². The van der Waals surface area contributed by atoms with Gasteiger partial charge in [0, 0.05) is 30.5 Å². The number of amides is 2. The Hall–Kier alpha value is -3.27. The predicted molar refractivity (Wildman–Crippen MR) is 125 cm³/mol. The van der Waals surface area contributed by atoms with Gasteiger partial charge in [-0.15, -0.1) is 0 Å². The number of likely N-dealkylation sites (N-methyl/N-ethyl adjacent to an activating group) is 1. The van der Waals surface area contributed by atoms with Gasteiger partial charge in [-0.1, -0.05) is 13.3 Å². The topological polar surface area (TPSA) is 107 Å². The molecule has 3 aromatic rings. The Labute approximate surface area is 196 Å². The molecular formula is C24H29FN6O3. The van der Waals surface area contributed by atoms with Gasteiger partial charge in [-0.3, -0.25) is 14.7 Å². The van der Waals surface area contributed by atoms with E-state index in [1.54, 1.807) is 20.0 Å². The second kappa shape index (κ2) is 8.83. The van der Waals surface area contributed by atoms with Crippen LogP contribution in [0.2, 0.25) is 0 Å². The van der Waals surface area contributed by atoms with E-state index in [-0.39, 0.29) is 23.9 Å². The van der Waals surface area contributed by atoms with Crippen molar-refractivity contribution in [3.05, 3.63) is 29.2 Å². The average Bonchev–Trinajstić information content (AvgIpc) is 3.46. The maximum atomic E-state index is 15.1. The summed E-state index contributed by atoms with van der Waals surface area (Å²) in [6, 6.07) is 2.30. The molecule has 0 saturated carbocycles. The minimum absolute atomic E-state index is 0.0339. The first-order valence-electron chi connectivity index (χ1n) is 11.8. The van der Waals surface area contributed by atoms with Crippen LogP contribution >= 0.6 is 0 Å². The highest BCUT2D eigenvalue weighted by Crippen LogP contribution is 2.34. The van der Waals surface area contributed by atoms with E-state index in [2.05, 4.69) is 27.1 Å². The molecule has 0 unspecified atom stereocenters. The fraction of sp³-hybridized carbons (Fsp3) is 0.500. The zero-order valence-electron chi connectivity index (χ0n) is 19.7. The van der Waals surface area contributed by atoms with Gasteiger partial charge < -0.3 is 19.5 Å². The summed E-state index contributed by atoms with van der Waals surface area (Å²) in [5.41, 5.74) is 4.06. The lowest BCUT2D eigenvalue weighted by atomic mass is 9.85. The van der Waals surface area contributed by atoms with Crippen molar-refractivity contribution in [1.29, 1.82) is 0 Å². The summed E-state index contributed by atoms with van der Waals surface area (Å²) < 4.78 is 20.2. The quantitative estimate of drug-likeness (QED) is 0.599. The summed E-state index contributed by atoms with van der Waals surface area (Å²) in [4.78, 5) is 35.8. The van der Waals surface area contributed by atoms with Crippen molar-refractivity contribution in [3.8, 4) is 11.5 Å². The largest absolute Gasteiger partial charge is 0.370 e. The first kappa shape index (κ1) is 22.5. The fourth-order valence-electron chi connectivity index (χ4n) is 4.95. The molecule has 3 heterocycles. The molecule has 1 aliphatic heterocycles. The van der Waals surface area contributed by atoms with E-state index in [0.717, 1.165) is 42.6 Å². The van der Waals surface area contributed by atoms with Crippen molar-refractivity contribution in [2.45, 2.75) is 45.6 Å². The van der Waals surface area contributed by atoms with E-state index in [1.165, 1.54) is 15.9 Å². The number of aromatic amines is 2. The summed E-state index contributed by atoms with van der Waals surface area (Å²) in [6.45, 7) is 4.57. The highest BCUT2D eigenvalue weighted by Gasteiger charge is 2.31. The molecule has 0 bridgehead atoms. The SMILES string of the molecule is CC[C@H]1CCc2[nH]nc(-c3nc4cc(N(C)C(=O)[C@@H](C)N5CCOCC5=O)cc(F)c4[nH]3)c2C1. The standard InChI is InChI=1S/C24H29FN6O3/c1-4-14-5-6-18-16(9-14)21(29-28-18)23-26-19-11-15(10-17(25)22(19)27-23)30(3)24(33)13(2)31-7-8-34-12-20(31)32/h10-11,13-14H,4-9,12H2,1-3H3,(H,26,27)(H,28,29)/t13-,14+/m1/s1. The van der Waals surface area contributed by atoms with Gasteiger partial charge in [0.1, 0.15) is 23.9 Å². The van der Waals surface area contributed by atoms with Gasteiger partial charge in [0.05, 0.1) is 12.1 Å². The number of hydrogen-bond acceptors (Lipinski definition) is 5.